The predicted molar refractivity (Wildman–Crippen MR) is 126 cm³/mol. The molecule has 2 N–H and O–H groups in total. The second-order valence-corrected chi connectivity index (χ2v) is 9.16. The number of hydrogen-bond donors (Lipinski definition) is 2. The van der Waals surface area contributed by atoms with Crippen LogP contribution in [0.15, 0.2) is 77.7 Å². The molecule has 0 aliphatic heterocycles. The summed E-state index contributed by atoms with van der Waals surface area (Å²) < 4.78 is 27.0. The molecule has 1 aromatic heterocycles. The zero-order valence-electron chi connectivity index (χ0n) is 17.9. The Hall–Kier alpha value is -3.49. The maximum Gasteiger partial charge on any atom is 0.255 e. The van der Waals surface area contributed by atoms with Crippen molar-refractivity contribution in [3.63, 3.8) is 0 Å². The van der Waals surface area contributed by atoms with E-state index in [1.165, 1.54) is 16.4 Å². The van der Waals surface area contributed by atoms with Crippen LogP contribution >= 0.6 is 0 Å². The van der Waals surface area contributed by atoms with Crippen LogP contribution in [-0.4, -0.2) is 41.7 Å². The first-order chi connectivity index (χ1) is 15.4. The third kappa shape index (κ3) is 4.15. The molecule has 0 unspecified atom stereocenters. The molecule has 0 spiro atoms. The fourth-order valence-corrected chi connectivity index (χ4v) is 5.09. The van der Waals surface area contributed by atoms with Crippen molar-refractivity contribution in [2.24, 2.45) is 0 Å². The predicted octanol–water partition coefficient (Wildman–Crippen LogP) is 4.51. The molecule has 0 saturated heterocycles. The molecule has 0 radical (unpaired) electrons. The van der Waals surface area contributed by atoms with Crippen LogP contribution in [0.4, 0.5) is 5.69 Å². The monoisotopic (exact) mass is 448 g/mol. The van der Waals surface area contributed by atoms with Crippen molar-refractivity contribution in [3.05, 3.63) is 78.4 Å². The Kier molecular flexibility index (Phi) is 6.07. The number of anilines is 1. The third-order valence-corrected chi connectivity index (χ3v) is 7.31. The van der Waals surface area contributed by atoms with Crippen LogP contribution in [0.5, 0.6) is 0 Å². The number of nitrogens with one attached hydrogen (secondary N) is 2. The molecule has 0 saturated carbocycles. The number of carbonyl (C=O) groups is 1. The second kappa shape index (κ2) is 8.94. The summed E-state index contributed by atoms with van der Waals surface area (Å²) in [7, 11) is -3.66. The Morgan fingerprint density at radius 2 is 1.69 bits per heavy atom. The van der Waals surface area contributed by atoms with Crippen LogP contribution in [0.3, 0.4) is 0 Å². The van der Waals surface area contributed by atoms with E-state index in [2.05, 4.69) is 15.3 Å². The molecule has 1 heterocycles. The minimum Gasteiger partial charge on any atom is -0.338 e. The van der Waals surface area contributed by atoms with Gasteiger partial charge < -0.3 is 10.3 Å². The van der Waals surface area contributed by atoms with Gasteiger partial charge in [0.25, 0.3) is 5.91 Å². The van der Waals surface area contributed by atoms with E-state index in [1.807, 2.05) is 42.5 Å². The van der Waals surface area contributed by atoms with Crippen molar-refractivity contribution in [3.8, 4) is 11.4 Å². The largest absolute Gasteiger partial charge is 0.338 e. The van der Waals surface area contributed by atoms with Crippen molar-refractivity contribution in [1.82, 2.24) is 14.3 Å². The molecule has 0 fully saturated rings. The van der Waals surface area contributed by atoms with Gasteiger partial charge in [0.15, 0.2) is 0 Å². The molecule has 0 atom stereocenters. The number of H-pyrrole nitrogens is 1. The number of aromatic nitrogens is 2. The maximum atomic E-state index is 13.0. The van der Waals surface area contributed by atoms with Crippen LogP contribution in [-0.2, 0) is 10.0 Å². The van der Waals surface area contributed by atoms with Gasteiger partial charge in [-0.3, -0.25) is 4.79 Å². The van der Waals surface area contributed by atoms with Gasteiger partial charge in [-0.05, 0) is 42.5 Å². The van der Waals surface area contributed by atoms with Crippen molar-refractivity contribution < 1.29 is 13.2 Å². The van der Waals surface area contributed by atoms with Crippen molar-refractivity contribution in [2.75, 3.05) is 18.4 Å². The Labute approximate surface area is 187 Å². The van der Waals surface area contributed by atoms with Crippen molar-refractivity contribution in [1.29, 1.82) is 0 Å². The number of aromatic amines is 1. The van der Waals surface area contributed by atoms with Crippen LogP contribution in [0.25, 0.3) is 22.4 Å². The minimum atomic E-state index is -3.66. The van der Waals surface area contributed by atoms with Gasteiger partial charge in [0.05, 0.1) is 21.6 Å². The lowest BCUT2D eigenvalue weighted by Gasteiger charge is -2.18. The first kappa shape index (κ1) is 21.7. The Balaban J connectivity index is 1.65. The van der Waals surface area contributed by atoms with Gasteiger partial charge in [-0.15, -0.1) is 0 Å². The third-order valence-electron chi connectivity index (χ3n) is 5.26. The van der Waals surface area contributed by atoms with Gasteiger partial charge in [-0.25, -0.2) is 13.4 Å². The molecular weight excluding hydrogens is 424 g/mol. The number of benzene rings is 3. The van der Waals surface area contributed by atoms with Crippen LogP contribution in [0.1, 0.15) is 24.2 Å². The number of sulfonamides is 1. The summed E-state index contributed by atoms with van der Waals surface area (Å²) in [5.41, 5.74) is 3.31. The summed E-state index contributed by atoms with van der Waals surface area (Å²) >= 11 is 0. The fourth-order valence-electron chi connectivity index (χ4n) is 3.58. The lowest BCUT2D eigenvalue weighted by molar-refractivity contribution is 0.102. The number of amides is 1. The number of imidazole rings is 1. The average molecular weight is 449 g/mol. The summed E-state index contributed by atoms with van der Waals surface area (Å²) in [6.45, 7) is 4.29. The molecule has 4 aromatic rings. The molecule has 0 aliphatic rings. The lowest BCUT2D eigenvalue weighted by atomic mass is 10.1. The normalized spacial score (nSPS) is 11.7. The van der Waals surface area contributed by atoms with E-state index in [0.717, 1.165) is 16.6 Å². The molecule has 8 heteroatoms. The molecular formula is C24H24N4O3S. The Morgan fingerprint density at radius 3 is 2.44 bits per heavy atom. The summed E-state index contributed by atoms with van der Waals surface area (Å²) in [6, 6.07) is 21.1. The quantitative estimate of drug-likeness (QED) is 0.435. The highest BCUT2D eigenvalue weighted by Crippen LogP contribution is 2.28. The van der Waals surface area contributed by atoms with Gasteiger partial charge in [0.1, 0.15) is 5.82 Å². The van der Waals surface area contributed by atoms with Gasteiger partial charge in [-0.1, -0.05) is 44.2 Å². The molecule has 3 aromatic carbocycles. The van der Waals surface area contributed by atoms with E-state index in [9.17, 15) is 13.2 Å². The van der Waals surface area contributed by atoms with E-state index in [1.54, 1.807) is 32.0 Å². The molecule has 0 bridgehead atoms. The van der Waals surface area contributed by atoms with E-state index in [-0.39, 0.29) is 10.5 Å². The van der Waals surface area contributed by atoms with E-state index in [4.69, 9.17) is 0 Å². The second-order valence-electron chi connectivity index (χ2n) is 7.22. The van der Waals surface area contributed by atoms with E-state index >= 15 is 0 Å². The maximum absolute atomic E-state index is 13.0. The minimum absolute atomic E-state index is 0.0967. The fraction of sp³-hybridized carbons (Fsp3) is 0.167. The zero-order chi connectivity index (χ0) is 22.7. The summed E-state index contributed by atoms with van der Waals surface area (Å²) in [5.74, 6) is 0.241. The summed E-state index contributed by atoms with van der Waals surface area (Å²) in [4.78, 5) is 21.0. The molecule has 164 valence electrons. The van der Waals surface area contributed by atoms with Crippen LogP contribution < -0.4 is 5.32 Å². The summed E-state index contributed by atoms with van der Waals surface area (Å²) in [6.07, 6.45) is 0. The van der Waals surface area contributed by atoms with Gasteiger partial charge in [-0.2, -0.15) is 4.31 Å². The van der Waals surface area contributed by atoms with Gasteiger partial charge in [0.2, 0.25) is 10.0 Å². The van der Waals surface area contributed by atoms with E-state index in [0.29, 0.717) is 24.6 Å². The highest BCUT2D eigenvalue weighted by atomic mass is 32.2. The Bertz CT molecular complexity index is 1340. The van der Waals surface area contributed by atoms with Crippen molar-refractivity contribution >= 4 is 32.7 Å². The first-order valence-corrected chi connectivity index (χ1v) is 11.8. The molecule has 0 aliphatic carbocycles. The molecule has 4 rings (SSSR count). The number of nitrogens with zero attached hydrogens (tertiary/aromatic N) is 2. The first-order valence-electron chi connectivity index (χ1n) is 10.4. The number of para-hydroxylation sites is 3. The number of fused-ring (bicyclic) bond motifs is 1. The summed E-state index contributed by atoms with van der Waals surface area (Å²) in [5, 5.41) is 2.90. The highest BCUT2D eigenvalue weighted by Gasteiger charge is 2.23. The SMILES string of the molecule is CCN(CC)S(=O)(=O)c1cccc(C(=O)Nc2ccccc2-c2nc3ccccc3[nH]2)c1. The Morgan fingerprint density at radius 1 is 0.969 bits per heavy atom. The van der Waals surface area contributed by atoms with Gasteiger partial charge >= 0.3 is 0 Å². The van der Waals surface area contributed by atoms with Crippen LogP contribution in [0.2, 0.25) is 0 Å². The molecule has 7 nitrogen and oxygen atoms in total. The standard InChI is InChI=1S/C24H24N4O3S/c1-3-28(4-2)32(30,31)18-11-9-10-17(16-18)24(29)27-20-13-6-5-12-19(20)23-25-21-14-7-8-15-22(21)26-23/h5-16H,3-4H2,1-2H3,(H,25,26)(H,27,29). The number of rotatable bonds is 7. The van der Waals surface area contributed by atoms with Crippen molar-refractivity contribution in [2.45, 2.75) is 18.7 Å². The topological polar surface area (TPSA) is 95.2 Å². The number of hydrogen-bond acceptors (Lipinski definition) is 4. The average Bonchev–Trinajstić information content (AvgIpc) is 3.24. The van der Waals surface area contributed by atoms with E-state index < -0.39 is 15.9 Å². The zero-order valence-corrected chi connectivity index (χ0v) is 18.7. The van der Waals surface area contributed by atoms with Gasteiger partial charge in [0, 0.05) is 24.2 Å². The molecule has 1 amide bonds. The highest BCUT2D eigenvalue weighted by molar-refractivity contribution is 7.89. The number of carbonyl (C=O) groups excluding carboxylic acids is 1. The lowest BCUT2D eigenvalue weighted by Crippen LogP contribution is -2.30. The smallest absolute Gasteiger partial charge is 0.255 e. The van der Waals surface area contributed by atoms with Crippen LogP contribution in [0, 0.1) is 0 Å². The molecule has 32 heavy (non-hydrogen) atoms.